The molecule has 7 heteroatoms. The molecule has 1 saturated heterocycles. The van der Waals surface area contributed by atoms with Crippen LogP contribution in [0.2, 0.25) is 0 Å². The van der Waals surface area contributed by atoms with Crippen molar-refractivity contribution in [2.45, 2.75) is 37.8 Å². The fraction of sp³-hybridized carbons (Fsp3) is 0.667. The Labute approximate surface area is 130 Å². The lowest BCUT2D eigenvalue weighted by atomic mass is 9.93. The molecule has 2 aliphatic rings. The average molecular weight is 306 g/mol. The van der Waals surface area contributed by atoms with Crippen molar-refractivity contribution >= 4 is 6.03 Å². The number of carbonyl (C=O) groups is 1. The fourth-order valence-corrected chi connectivity index (χ4v) is 2.87. The minimum Gasteiger partial charge on any atom is -0.473 e. The monoisotopic (exact) mass is 306 g/mol. The van der Waals surface area contributed by atoms with E-state index in [4.69, 9.17) is 9.47 Å². The van der Waals surface area contributed by atoms with E-state index in [0.717, 1.165) is 25.7 Å². The molecule has 0 radical (unpaired) electrons. The van der Waals surface area contributed by atoms with Crippen LogP contribution >= 0.6 is 0 Å². The van der Waals surface area contributed by atoms with Gasteiger partial charge in [0.05, 0.1) is 19.4 Å². The number of morpholine rings is 1. The minimum absolute atomic E-state index is 0.0293. The molecule has 3 rings (SSSR count). The van der Waals surface area contributed by atoms with E-state index in [1.807, 2.05) is 4.90 Å². The lowest BCUT2D eigenvalue weighted by Gasteiger charge is -2.32. The van der Waals surface area contributed by atoms with Crippen molar-refractivity contribution in [2.75, 3.05) is 26.3 Å². The molecule has 2 heterocycles. The van der Waals surface area contributed by atoms with Crippen molar-refractivity contribution in [3.63, 3.8) is 0 Å². The van der Waals surface area contributed by atoms with Gasteiger partial charge in [-0.1, -0.05) is 0 Å². The number of rotatable bonds is 3. The Kier molecular flexibility index (Phi) is 5.05. The van der Waals surface area contributed by atoms with Gasteiger partial charge in [0, 0.05) is 31.5 Å². The highest BCUT2D eigenvalue weighted by atomic mass is 16.5. The third-order valence-electron chi connectivity index (χ3n) is 4.13. The number of nitrogens with zero attached hydrogens (tertiary/aromatic N) is 3. The first-order chi connectivity index (χ1) is 10.8. The molecule has 1 saturated carbocycles. The lowest BCUT2D eigenvalue weighted by Crippen LogP contribution is -2.50. The topological polar surface area (TPSA) is 76.6 Å². The number of urea groups is 1. The first-order valence-corrected chi connectivity index (χ1v) is 7.87. The first-order valence-electron chi connectivity index (χ1n) is 7.87. The number of ether oxygens (including phenoxy) is 2. The van der Waals surface area contributed by atoms with Gasteiger partial charge in [-0.05, 0) is 25.7 Å². The Hall–Kier alpha value is -1.89. The molecule has 1 aliphatic carbocycles. The molecular formula is C15H22N4O3. The van der Waals surface area contributed by atoms with Gasteiger partial charge in [0.1, 0.15) is 6.10 Å². The maximum atomic E-state index is 12.1. The number of hydrogen-bond acceptors (Lipinski definition) is 5. The van der Waals surface area contributed by atoms with E-state index in [1.165, 1.54) is 0 Å². The minimum atomic E-state index is 0.0293. The van der Waals surface area contributed by atoms with E-state index in [2.05, 4.69) is 15.3 Å². The zero-order valence-electron chi connectivity index (χ0n) is 12.6. The summed E-state index contributed by atoms with van der Waals surface area (Å²) in [5, 5.41) is 3.12. The van der Waals surface area contributed by atoms with Gasteiger partial charge in [0.25, 0.3) is 0 Å². The summed E-state index contributed by atoms with van der Waals surface area (Å²) in [7, 11) is 0. The van der Waals surface area contributed by atoms with Gasteiger partial charge < -0.3 is 19.7 Å². The predicted molar refractivity (Wildman–Crippen MR) is 79.6 cm³/mol. The summed E-state index contributed by atoms with van der Waals surface area (Å²) in [6.45, 7) is 2.62. The van der Waals surface area contributed by atoms with Crippen LogP contribution < -0.4 is 10.1 Å². The van der Waals surface area contributed by atoms with Gasteiger partial charge in [-0.2, -0.15) is 0 Å². The van der Waals surface area contributed by atoms with Crippen LogP contribution in [0, 0.1) is 0 Å². The molecule has 2 fully saturated rings. The second kappa shape index (κ2) is 7.40. The van der Waals surface area contributed by atoms with E-state index in [0.29, 0.717) is 32.2 Å². The Morgan fingerprint density at radius 1 is 1.23 bits per heavy atom. The van der Waals surface area contributed by atoms with Crippen molar-refractivity contribution in [3.8, 4) is 5.88 Å². The van der Waals surface area contributed by atoms with Crippen LogP contribution in [0.15, 0.2) is 18.6 Å². The summed E-state index contributed by atoms with van der Waals surface area (Å²) >= 11 is 0. The molecule has 22 heavy (non-hydrogen) atoms. The number of nitrogens with one attached hydrogen (secondary N) is 1. The summed E-state index contributed by atoms with van der Waals surface area (Å²) in [4.78, 5) is 22.1. The molecule has 2 amide bonds. The number of aromatic nitrogens is 2. The second-order valence-electron chi connectivity index (χ2n) is 5.68. The molecule has 1 aromatic rings. The van der Waals surface area contributed by atoms with Gasteiger partial charge in [-0.25, -0.2) is 9.78 Å². The van der Waals surface area contributed by atoms with Crippen molar-refractivity contribution < 1.29 is 14.3 Å². The number of amides is 2. The molecule has 0 atom stereocenters. The average Bonchev–Trinajstić information content (AvgIpc) is 2.58. The van der Waals surface area contributed by atoms with E-state index < -0.39 is 0 Å². The highest BCUT2D eigenvalue weighted by molar-refractivity contribution is 5.74. The van der Waals surface area contributed by atoms with Gasteiger partial charge in [-0.3, -0.25) is 4.98 Å². The van der Waals surface area contributed by atoms with E-state index in [9.17, 15) is 4.79 Å². The van der Waals surface area contributed by atoms with E-state index in [-0.39, 0.29) is 18.2 Å². The number of hydrogen-bond donors (Lipinski definition) is 1. The smallest absolute Gasteiger partial charge is 0.317 e. The molecule has 0 bridgehead atoms. The fourth-order valence-electron chi connectivity index (χ4n) is 2.87. The van der Waals surface area contributed by atoms with Gasteiger partial charge in [0.2, 0.25) is 5.88 Å². The zero-order valence-corrected chi connectivity index (χ0v) is 12.6. The molecule has 0 unspecified atom stereocenters. The van der Waals surface area contributed by atoms with Crippen LogP contribution in [0.4, 0.5) is 4.79 Å². The molecule has 120 valence electrons. The van der Waals surface area contributed by atoms with Crippen LogP contribution in [0.25, 0.3) is 0 Å². The van der Waals surface area contributed by atoms with Crippen molar-refractivity contribution in [1.29, 1.82) is 0 Å². The highest BCUT2D eigenvalue weighted by Crippen LogP contribution is 2.22. The Bertz CT molecular complexity index is 471. The van der Waals surface area contributed by atoms with Crippen molar-refractivity contribution in [2.24, 2.45) is 0 Å². The largest absolute Gasteiger partial charge is 0.473 e. The Morgan fingerprint density at radius 3 is 2.68 bits per heavy atom. The molecule has 1 aromatic heterocycles. The summed E-state index contributed by atoms with van der Waals surface area (Å²) in [6.07, 6.45) is 8.76. The first kappa shape index (κ1) is 15.0. The quantitative estimate of drug-likeness (QED) is 0.908. The van der Waals surface area contributed by atoms with E-state index >= 15 is 0 Å². The summed E-state index contributed by atoms with van der Waals surface area (Å²) < 4.78 is 11.1. The molecule has 1 N–H and O–H groups in total. The summed E-state index contributed by atoms with van der Waals surface area (Å²) in [6, 6.07) is 0.263. The van der Waals surface area contributed by atoms with Crippen molar-refractivity contribution in [3.05, 3.63) is 18.6 Å². The summed E-state index contributed by atoms with van der Waals surface area (Å²) in [5.74, 6) is 0.573. The van der Waals surface area contributed by atoms with Gasteiger partial charge >= 0.3 is 6.03 Å². The maximum absolute atomic E-state index is 12.1. The lowest BCUT2D eigenvalue weighted by molar-refractivity contribution is 0.0513. The Morgan fingerprint density at radius 2 is 2.00 bits per heavy atom. The van der Waals surface area contributed by atoms with E-state index in [1.54, 1.807) is 18.6 Å². The third kappa shape index (κ3) is 4.07. The van der Waals surface area contributed by atoms with Gasteiger partial charge in [0.15, 0.2) is 0 Å². The maximum Gasteiger partial charge on any atom is 0.317 e. The zero-order chi connectivity index (χ0) is 15.2. The third-order valence-corrected chi connectivity index (χ3v) is 4.13. The summed E-state index contributed by atoms with van der Waals surface area (Å²) in [5.41, 5.74) is 0. The van der Waals surface area contributed by atoms with Crippen LogP contribution in [0.5, 0.6) is 5.88 Å². The molecule has 7 nitrogen and oxygen atoms in total. The molecular weight excluding hydrogens is 284 g/mol. The standard InChI is InChI=1S/C15H22N4O3/c20-15(19-7-9-21-10-8-19)18-12-1-3-13(4-2-12)22-14-11-16-5-6-17-14/h5-6,11-13H,1-4,7-10H2,(H,18,20). The molecule has 0 spiro atoms. The predicted octanol–water partition coefficient (Wildman–Crippen LogP) is 1.21. The highest BCUT2D eigenvalue weighted by Gasteiger charge is 2.26. The SMILES string of the molecule is O=C(NC1CCC(Oc2cnccn2)CC1)N1CCOCC1. The second-order valence-corrected chi connectivity index (χ2v) is 5.68. The van der Waals surface area contributed by atoms with Crippen LogP contribution in [-0.4, -0.2) is 59.3 Å². The number of carbonyl (C=O) groups excluding carboxylic acids is 1. The molecule has 0 aromatic carbocycles. The normalized spacial score (nSPS) is 25.5. The van der Waals surface area contributed by atoms with Crippen LogP contribution in [0.1, 0.15) is 25.7 Å². The Balaban J connectivity index is 1.40. The van der Waals surface area contributed by atoms with Gasteiger partial charge in [-0.15, -0.1) is 0 Å². The molecule has 1 aliphatic heterocycles. The van der Waals surface area contributed by atoms with Crippen molar-refractivity contribution in [1.82, 2.24) is 20.2 Å². The van der Waals surface area contributed by atoms with Crippen LogP contribution in [-0.2, 0) is 4.74 Å². The van der Waals surface area contributed by atoms with Crippen LogP contribution in [0.3, 0.4) is 0 Å².